The zero-order valence-corrected chi connectivity index (χ0v) is 11.1. The predicted molar refractivity (Wildman–Crippen MR) is 71.8 cm³/mol. The Kier molecular flexibility index (Phi) is 4.65. The van der Waals surface area contributed by atoms with E-state index in [1.54, 1.807) is 12.1 Å². The number of nitrogens with two attached hydrogens (primary N) is 1. The number of hydrogen-bond donors (Lipinski definition) is 2. The highest BCUT2D eigenvalue weighted by molar-refractivity contribution is 7.98. The first kappa shape index (κ1) is 14.4. The fourth-order valence-corrected chi connectivity index (χ4v) is 2.33. The molecule has 7 heteroatoms. The lowest BCUT2D eigenvalue weighted by molar-refractivity contribution is 0.0948. The molecular weight excluding hydrogens is 284 g/mol. The van der Waals surface area contributed by atoms with Crippen LogP contribution in [-0.2, 0) is 5.75 Å². The molecule has 0 bridgehead atoms. The number of hydrogen-bond acceptors (Lipinski definition) is 4. The van der Waals surface area contributed by atoms with Gasteiger partial charge in [-0.15, -0.1) is 11.8 Å². The van der Waals surface area contributed by atoms with Gasteiger partial charge in [0, 0.05) is 16.7 Å². The van der Waals surface area contributed by atoms with Crippen molar-refractivity contribution in [3.8, 4) is 0 Å². The quantitative estimate of drug-likeness (QED) is 0.393. The molecule has 0 saturated carbocycles. The van der Waals surface area contributed by atoms with E-state index in [0.29, 0.717) is 16.3 Å². The summed E-state index contributed by atoms with van der Waals surface area (Å²) in [6.07, 6.45) is 0. The number of benzene rings is 1. The van der Waals surface area contributed by atoms with Crippen molar-refractivity contribution in [2.75, 3.05) is 0 Å². The smallest absolute Gasteiger partial charge is 0.283 e. The molecule has 4 nitrogen and oxygen atoms in total. The number of nitrogens with zero attached hydrogens (tertiary/aromatic N) is 1. The van der Waals surface area contributed by atoms with Crippen molar-refractivity contribution in [2.24, 2.45) is 5.84 Å². The number of carbonyl (C=O) groups excluding carboxylic acids is 1. The highest BCUT2D eigenvalue weighted by Gasteiger charge is 2.08. The highest BCUT2D eigenvalue weighted by Crippen LogP contribution is 2.25. The summed E-state index contributed by atoms with van der Waals surface area (Å²) in [6, 6.07) is 8.28. The van der Waals surface area contributed by atoms with Crippen LogP contribution in [0.15, 0.2) is 41.3 Å². The number of rotatable bonds is 4. The van der Waals surface area contributed by atoms with Crippen LogP contribution < -0.4 is 11.3 Å². The van der Waals surface area contributed by atoms with Gasteiger partial charge in [0.05, 0.1) is 5.69 Å². The number of thioether (sulfide) groups is 1. The molecule has 1 aromatic carbocycles. The Bertz CT molecular complexity index is 637. The van der Waals surface area contributed by atoms with Crippen LogP contribution in [0.1, 0.15) is 16.2 Å². The fourth-order valence-electron chi connectivity index (χ4n) is 1.50. The van der Waals surface area contributed by atoms with Crippen LogP contribution in [-0.4, -0.2) is 10.9 Å². The van der Waals surface area contributed by atoms with Crippen LogP contribution >= 0.6 is 11.8 Å². The molecule has 1 aromatic heterocycles. The minimum Gasteiger partial charge on any atom is -0.289 e. The number of amides is 1. The van der Waals surface area contributed by atoms with Crippen molar-refractivity contribution in [1.29, 1.82) is 0 Å². The molecule has 2 rings (SSSR count). The van der Waals surface area contributed by atoms with Crippen LogP contribution in [0.3, 0.4) is 0 Å². The number of halogens is 2. The van der Waals surface area contributed by atoms with Gasteiger partial charge in [0.1, 0.15) is 17.3 Å². The molecule has 0 radical (unpaired) electrons. The van der Waals surface area contributed by atoms with Crippen LogP contribution in [0.2, 0.25) is 0 Å². The van der Waals surface area contributed by atoms with Gasteiger partial charge in [-0.3, -0.25) is 10.2 Å². The maximum absolute atomic E-state index is 13.5. The molecule has 0 atom stereocenters. The van der Waals surface area contributed by atoms with Gasteiger partial charge in [-0.1, -0.05) is 6.07 Å². The zero-order valence-electron chi connectivity index (χ0n) is 10.3. The summed E-state index contributed by atoms with van der Waals surface area (Å²) in [7, 11) is 0. The molecule has 0 unspecified atom stereocenters. The number of pyridine rings is 1. The Morgan fingerprint density at radius 2 is 2.10 bits per heavy atom. The largest absolute Gasteiger partial charge is 0.289 e. The number of hydrazine groups is 1. The number of carbonyl (C=O) groups is 1. The summed E-state index contributed by atoms with van der Waals surface area (Å²) >= 11 is 1.17. The van der Waals surface area contributed by atoms with Crippen molar-refractivity contribution in [2.45, 2.75) is 10.6 Å². The molecule has 3 N–H and O–H groups in total. The minimum atomic E-state index is -0.620. The molecular formula is C13H11F2N3OS. The minimum absolute atomic E-state index is 0.185. The summed E-state index contributed by atoms with van der Waals surface area (Å²) < 4.78 is 26.2. The second-order valence-corrected chi connectivity index (χ2v) is 4.87. The first-order valence-corrected chi connectivity index (χ1v) is 6.63. The topological polar surface area (TPSA) is 68.0 Å². The van der Waals surface area contributed by atoms with E-state index >= 15 is 0 Å². The van der Waals surface area contributed by atoms with Crippen LogP contribution in [0.25, 0.3) is 0 Å². The lowest BCUT2D eigenvalue weighted by Crippen LogP contribution is -2.30. The third kappa shape index (κ3) is 3.52. The Balaban J connectivity index is 2.09. The van der Waals surface area contributed by atoms with Crippen LogP contribution in [0, 0.1) is 11.6 Å². The van der Waals surface area contributed by atoms with Gasteiger partial charge >= 0.3 is 0 Å². The first-order valence-electron chi connectivity index (χ1n) is 5.65. The maximum atomic E-state index is 13.5. The van der Waals surface area contributed by atoms with Crippen molar-refractivity contribution in [1.82, 2.24) is 10.4 Å². The second kappa shape index (κ2) is 6.44. The molecule has 2 aromatic rings. The standard InChI is InChI=1S/C13H11F2N3OS/c14-8-4-5-12(10(15)6-8)20-7-9-2-1-3-11(17-9)13(19)18-16/h1-6H,7,16H2,(H,18,19). The van der Waals surface area contributed by atoms with Gasteiger partial charge in [-0.2, -0.15) is 0 Å². The van der Waals surface area contributed by atoms with Crippen molar-refractivity contribution >= 4 is 17.7 Å². The van der Waals surface area contributed by atoms with E-state index in [1.807, 2.05) is 5.43 Å². The number of nitrogen functional groups attached to an aromatic ring is 1. The van der Waals surface area contributed by atoms with Crippen molar-refractivity contribution in [3.05, 3.63) is 59.4 Å². The molecule has 0 fully saturated rings. The number of nitrogens with one attached hydrogen (secondary N) is 1. The van der Waals surface area contributed by atoms with Gasteiger partial charge in [0.2, 0.25) is 0 Å². The third-order valence-electron chi connectivity index (χ3n) is 2.44. The van der Waals surface area contributed by atoms with Gasteiger partial charge in [0.25, 0.3) is 5.91 Å². The summed E-state index contributed by atoms with van der Waals surface area (Å²) in [4.78, 5) is 15.7. The molecule has 0 aliphatic carbocycles. The molecule has 0 aliphatic rings. The molecule has 0 aliphatic heterocycles. The average Bonchev–Trinajstić information content (AvgIpc) is 2.46. The SMILES string of the molecule is NNC(=O)c1cccc(CSc2ccc(F)cc2F)n1. The summed E-state index contributed by atoms with van der Waals surface area (Å²) in [5, 5.41) is 0. The number of aromatic nitrogens is 1. The van der Waals surface area contributed by atoms with E-state index in [-0.39, 0.29) is 5.69 Å². The monoisotopic (exact) mass is 295 g/mol. The Morgan fingerprint density at radius 3 is 2.80 bits per heavy atom. The van der Waals surface area contributed by atoms with E-state index in [1.165, 1.54) is 30.0 Å². The summed E-state index contributed by atoms with van der Waals surface area (Å²) in [5.74, 6) is 3.64. The summed E-state index contributed by atoms with van der Waals surface area (Å²) in [6.45, 7) is 0. The molecule has 0 spiro atoms. The first-order chi connectivity index (χ1) is 9.60. The highest BCUT2D eigenvalue weighted by atomic mass is 32.2. The van der Waals surface area contributed by atoms with Gasteiger partial charge in [-0.25, -0.2) is 19.6 Å². The molecule has 20 heavy (non-hydrogen) atoms. The fraction of sp³-hybridized carbons (Fsp3) is 0.0769. The Labute approximate surface area is 118 Å². The van der Waals surface area contributed by atoms with E-state index in [4.69, 9.17) is 5.84 Å². The van der Waals surface area contributed by atoms with Crippen LogP contribution in [0.5, 0.6) is 0 Å². The lowest BCUT2D eigenvalue weighted by atomic mass is 10.3. The zero-order chi connectivity index (χ0) is 14.5. The Morgan fingerprint density at radius 1 is 1.30 bits per heavy atom. The van der Waals surface area contributed by atoms with Gasteiger partial charge in [0.15, 0.2) is 0 Å². The second-order valence-electron chi connectivity index (χ2n) is 3.85. The van der Waals surface area contributed by atoms with E-state index in [0.717, 1.165) is 6.07 Å². The molecule has 104 valence electrons. The third-order valence-corrected chi connectivity index (χ3v) is 3.52. The normalized spacial score (nSPS) is 10.3. The molecule has 1 amide bonds. The van der Waals surface area contributed by atoms with Gasteiger partial charge in [-0.05, 0) is 24.3 Å². The molecule has 0 saturated heterocycles. The van der Waals surface area contributed by atoms with E-state index < -0.39 is 17.5 Å². The van der Waals surface area contributed by atoms with E-state index in [2.05, 4.69) is 4.98 Å². The van der Waals surface area contributed by atoms with E-state index in [9.17, 15) is 13.6 Å². The average molecular weight is 295 g/mol. The van der Waals surface area contributed by atoms with Crippen molar-refractivity contribution in [3.63, 3.8) is 0 Å². The predicted octanol–water partition coefficient (Wildman–Crippen LogP) is 2.26. The van der Waals surface area contributed by atoms with Crippen molar-refractivity contribution < 1.29 is 13.6 Å². The van der Waals surface area contributed by atoms with Crippen LogP contribution in [0.4, 0.5) is 8.78 Å². The molecule has 1 heterocycles. The lowest BCUT2D eigenvalue weighted by Gasteiger charge is -2.05. The summed E-state index contributed by atoms with van der Waals surface area (Å²) in [5.41, 5.74) is 2.77. The maximum Gasteiger partial charge on any atom is 0.283 e. The Hall–Kier alpha value is -1.99. The van der Waals surface area contributed by atoms with Gasteiger partial charge < -0.3 is 0 Å².